The number of thioether (sulfide) groups is 1. The van der Waals surface area contributed by atoms with Gasteiger partial charge in [0.2, 0.25) is 5.91 Å². The van der Waals surface area contributed by atoms with Crippen LogP contribution < -0.4 is 0 Å². The Kier molecular flexibility index (Phi) is 8.35. The molecule has 0 atom stereocenters. The lowest BCUT2D eigenvalue weighted by Crippen LogP contribution is -2.32. The normalized spacial score (nSPS) is 10.5. The molecule has 0 N–H and O–H groups in total. The highest BCUT2D eigenvalue weighted by molar-refractivity contribution is 7.99. The van der Waals surface area contributed by atoms with Crippen molar-refractivity contribution in [2.24, 2.45) is 0 Å². The molecule has 0 saturated heterocycles. The highest BCUT2D eigenvalue weighted by atomic mass is 32.2. The third-order valence-electron chi connectivity index (χ3n) is 3.58. The molecule has 2 rings (SSSR count). The van der Waals surface area contributed by atoms with E-state index in [4.69, 9.17) is 4.74 Å². The van der Waals surface area contributed by atoms with Gasteiger partial charge in [-0.2, -0.15) is 0 Å². The van der Waals surface area contributed by atoms with Crippen LogP contribution in [0.25, 0.3) is 0 Å². The molecule has 2 aromatic rings. The van der Waals surface area contributed by atoms with Gasteiger partial charge >= 0.3 is 0 Å². The van der Waals surface area contributed by atoms with E-state index in [1.807, 2.05) is 35.2 Å². The van der Waals surface area contributed by atoms with Crippen molar-refractivity contribution in [2.45, 2.75) is 24.3 Å². The Balaban J connectivity index is 1.85. The van der Waals surface area contributed by atoms with Crippen molar-refractivity contribution in [1.82, 2.24) is 9.88 Å². The first-order chi connectivity index (χ1) is 11.8. The maximum absolute atomic E-state index is 12.6. The van der Waals surface area contributed by atoms with Gasteiger partial charge in [0.15, 0.2) is 0 Å². The summed E-state index contributed by atoms with van der Waals surface area (Å²) < 4.78 is 5.11. The average Bonchev–Trinajstić information content (AvgIpc) is 2.63. The van der Waals surface area contributed by atoms with Crippen molar-refractivity contribution >= 4 is 17.7 Å². The zero-order valence-electron chi connectivity index (χ0n) is 14.1. The summed E-state index contributed by atoms with van der Waals surface area (Å²) in [7, 11) is 1.69. The number of pyridine rings is 1. The summed E-state index contributed by atoms with van der Waals surface area (Å²) >= 11 is 1.72. The molecule has 0 unspecified atom stereocenters. The summed E-state index contributed by atoms with van der Waals surface area (Å²) in [6.45, 7) is 2.00. The van der Waals surface area contributed by atoms with E-state index in [1.54, 1.807) is 31.3 Å². The zero-order chi connectivity index (χ0) is 17.0. The fraction of sp³-hybridized carbons (Fsp3) is 0.368. The van der Waals surface area contributed by atoms with Crippen molar-refractivity contribution in [2.75, 3.05) is 26.0 Å². The second kappa shape index (κ2) is 10.8. The van der Waals surface area contributed by atoms with Crippen LogP contribution in [0.2, 0.25) is 0 Å². The molecule has 1 aromatic carbocycles. The number of nitrogens with zero attached hydrogens (tertiary/aromatic N) is 2. The monoisotopic (exact) mass is 344 g/mol. The van der Waals surface area contributed by atoms with Gasteiger partial charge in [0, 0.05) is 56.3 Å². The van der Waals surface area contributed by atoms with Gasteiger partial charge in [-0.05, 0) is 36.2 Å². The van der Waals surface area contributed by atoms with Crippen molar-refractivity contribution in [1.29, 1.82) is 0 Å². The zero-order valence-corrected chi connectivity index (χ0v) is 14.9. The molecule has 0 fully saturated rings. The molecule has 1 heterocycles. The maximum atomic E-state index is 12.6. The van der Waals surface area contributed by atoms with Gasteiger partial charge < -0.3 is 9.64 Å². The standard InChI is InChI=1S/C19H24N2O2S/c1-23-14-5-13-21(16-17-8-11-20-12-9-17)19(22)10-15-24-18-6-3-2-4-7-18/h2-4,6-9,11-12H,5,10,13-16H2,1H3. The fourth-order valence-corrected chi connectivity index (χ4v) is 3.19. The first-order valence-corrected chi connectivity index (χ1v) is 9.11. The summed E-state index contributed by atoms with van der Waals surface area (Å²) in [5.41, 5.74) is 1.10. The van der Waals surface area contributed by atoms with Crippen LogP contribution in [0.5, 0.6) is 0 Å². The minimum atomic E-state index is 0.186. The molecule has 0 bridgehead atoms. The first-order valence-electron chi connectivity index (χ1n) is 8.13. The van der Waals surface area contributed by atoms with Crippen molar-refractivity contribution in [3.63, 3.8) is 0 Å². The summed E-state index contributed by atoms with van der Waals surface area (Å²) in [4.78, 5) is 19.7. The summed E-state index contributed by atoms with van der Waals surface area (Å²) in [5, 5.41) is 0. The quantitative estimate of drug-likeness (QED) is 0.488. The summed E-state index contributed by atoms with van der Waals surface area (Å²) in [6, 6.07) is 14.1. The van der Waals surface area contributed by atoms with E-state index in [0.717, 1.165) is 17.7 Å². The molecular weight excluding hydrogens is 320 g/mol. The second-order valence-electron chi connectivity index (χ2n) is 5.43. The number of benzene rings is 1. The van der Waals surface area contributed by atoms with Crippen LogP contribution in [0.1, 0.15) is 18.4 Å². The Morgan fingerprint density at radius 1 is 1.17 bits per heavy atom. The minimum absolute atomic E-state index is 0.186. The smallest absolute Gasteiger partial charge is 0.223 e. The van der Waals surface area contributed by atoms with Gasteiger partial charge in [0.05, 0.1) is 0 Å². The molecule has 4 nitrogen and oxygen atoms in total. The molecule has 1 aromatic heterocycles. The predicted octanol–water partition coefficient (Wildman–Crippen LogP) is 3.63. The van der Waals surface area contributed by atoms with Gasteiger partial charge in [0.25, 0.3) is 0 Å². The van der Waals surface area contributed by atoms with Gasteiger partial charge in [-0.25, -0.2) is 0 Å². The summed E-state index contributed by atoms with van der Waals surface area (Å²) in [5.74, 6) is 0.978. The molecular formula is C19H24N2O2S. The SMILES string of the molecule is COCCCN(Cc1ccncc1)C(=O)CCSc1ccccc1. The highest BCUT2D eigenvalue weighted by Gasteiger charge is 2.13. The van der Waals surface area contributed by atoms with E-state index in [-0.39, 0.29) is 5.91 Å². The molecule has 24 heavy (non-hydrogen) atoms. The number of ether oxygens (including phenoxy) is 1. The average molecular weight is 344 g/mol. The molecule has 1 amide bonds. The Hall–Kier alpha value is -1.85. The first kappa shape index (κ1) is 18.5. The molecule has 0 aliphatic heterocycles. The predicted molar refractivity (Wildman–Crippen MR) is 97.9 cm³/mol. The Morgan fingerprint density at radius 2 is 1.92 bits per heavy atom. The van der Waals surface area contributed by atoms with E-state index < -0.39 is 0 Å². The van der Waals surface area contributed by atoms with Crippen LogP contribution >= 0.6 is 11.8 Å². The van der Waals surface area contributed by atoms with Crippen LogP contribution in [-0.4, -0.2) is 41.8 Å². The fourth-order valence-electron chi connectivity index (χ4n) is 2.33. The van der Waals surface area contributed by atoms with Gasteiger partial charge in [-0.3, -0.25) is 9.78 Å². The van der Waals surface area contributed by atoms with E-state index in [9.17, 15) is 4.79 Å². The lowest BCUT2D eigenvalue weighted by Gasteiger charge is -2.23. The summed E-state index contributed by atoms with van der Waals surface area (Å²) in [6.07, 6.45) is 4.91. The largest absolute Gasteiger partial charge is 0.385 e. The van der Waals surface area contributed by atoms with E-state index in [2.05, 4.69) is 17.1 Å². The van der Waals surface area contributed by atoms with Crippen molar-refractivity contribution < 1.29 is 9.53 Å². The van der Waals surface area contributed by atoms with Crippen LogP contribution in [0.4, 0.5) is 0 Å². The number of aromatic nitrogens is 1. The molecule has 0 aliphatic rings. The van der Waals surface area contributed by atoms with Crippen LogP contribution in [0.15, 0.2) is 59.8 Å². The lowest BCUT2D eigenvalue weighted by atomic mass is 10.2. The van der Waals surface area contributed by atoms with Crippen LogP contribution in [0.3, 0.4) is 0 Å². The van der Waals surface area contributed by atoms with E-state index in [0.29, 0.717) is 26.1 Å². The van der Waals surface area contributed by atoms with Crippen molar-refractivity contribution in [3.8, 4) is 0 Å². The number of rotatable bonds is 10. The number of hydrogen-bond donors (Lipinski definition) is 0. The number of methoxy groups -OCH3 is 1. The van der Waals surface area contributed by atoms with Crippen molar-refractivity contribution in [3.05, 3.63) is 60.4 Å². The highest BCUT2D eigenvalue weighted by Crippen LogP contribution is 2.18. The molecule has 0 saturated carbocycles. The Labute approximate surface area is 148 Å². The third-order valence-corrected chi connectivity index (χ3v) is 4.59. The molecule has 128 valence electrons. The molecule has 0 radical (unpaired) electrons. The molecule has 5 heteroatoms. The number of amides is 1. The molecule has 0 aliphatic carbocycles. The van der Waals surface area contributed by atoms with Gasteiger partial charge in [-0.1, -0.05) is 18.2 Å². The number of carbonyl (C=O) groups excluding carboxylic acids is 1. The third kappa shape index (κ3) is 6.72. The topological polar surface area (TPSA) is 42.4 Å². The number of hydrogen-bond acceptors (Lipinski definition) is 4. The Bertz CT molecular complexity index is 593. The minimum Gasteiger partial charge on any atom is -0.385 e. The molecule has 0 spiro atoms. The van der Waals surface area contributed by atoms with Crippen LogP contribution in [0, 0.1) is 0 Å². The lowest BCUT2D eigenvalue weighted by molar-refractivity contribution is -0.131. The second-order valence-corrected chi connectivity index (χ2v) is 6.60. The van der Waals surface area contributed by atoms with Gasteiger partial charge in [-0.15, -0.1) is 11.8 Å². The van der Waals surface area contributed by atoms with Gasteiger partial charge in [0.1, 0.15) is 0 Å². The Morgan fingerprint density at radius 3 is 2.62 bits per heavy atom. The van der Waals surface area contributed by atoms with Crippen LogP contribution in [-0.2, 0) is 16.1 Å². The van der Waals surface area contributed by atoms with E-state index in [1.165, 1.54) is 4.90 Å². The van der Waals surface area contributed by atoms with E-state index >= 15 is 0 Å². The number of carbonyl (C=O) groups is 1. The maximum Gasteiger partial charge on any atom is 0.223 e.